The molecule has 0 aromatic heterocycles. The molecule has 0 saturated carbocycles. The fourth-order valence-corrected chi connectivity index (χ4v) is 4.21. The van der Waals surface area contributed by atoms with E-state index in [1.54, 1.807) is 19.2 Å². The van der Waals surface area contributed by atoms with Gasteiger partial charge in [-0.3, -0.25) is 0 Å². The Kier molecular flexibility index (Phi) is 8.05. The van der Waals surface area contributed by atoms with Crippen molar-refractivity contribution in [1.29, 1.82) is 0 Å². The molecule has 4 aromatic carbocycles. The summed E-state index contributed by atoms with van der Waals surface area (Å²) in [4.78, 5) is 12.2. The van der Waals surface area contributed by atoms with E-state index >= 15 is 0 Å². The van der Waals surface area contributed by atoms with Gasteiger partial charge in [0.05, 0.1) is 13.3 Å². The van der Waals surface area contributed by atoms with Gasteiger partial charge in [0.15, 0.2) is 11.5 Å². The molecule has 0 fully saturated rings. The lowest BCUT2D eigenvalue weighted by Gasteiger charge is -2.14. The van der Waals surface area contributed by atoms with Gasteiger partial charge in [-0.05, 0) is 75.1 Å². The molecule has 4 rings (SSSR count). The zero-order chi connectivity index (χ0) is 24.8. The summed E-state index contributed by atoms with van der Waals surface area (Å²) in [5.41, 5.74) is 5.97. The van der Waals surface area contributed by atoms with Gasteiger partial charge in [-0.2, -0.15) is 5.10 Å². The monoisotopic (exact) mass is 595 g/mol. The molecule has 8 heteroatoms. The van der Waals surface area contributed by atoms with Crippen molar-refractivity contribution >= 4 is 60.6 Å². The van der Waals surface area contributed by atoms with E-state index in [9.17, 15) is 4.79 Å². The third-order valence-corrected chi connectivity index (χ3v) is 6.91. The summed E-state index contributed by atoms with van der Waals surface area (Å²) in [6, 6.07) is 23.1. The van der Waals surface area contributed by atoms with E-state index in [2.05, 4.69) is 72.0 Å². The van der Waals surface area contributed by atoms with E-state index < -0.39 is 6.03 Å². The van der Waals surface area contributed by atoms with E-state index in [1.165, 1.54) is 11.6 Å². The summed E-state index contributed by atoms with van der Waals surface area (Å²) in [7, 11) is 1.58. The number of aryl methyl sites for hydroxylation is 1. The van der Waals surface area contributed by atoms with Gasteiger partial charge in [-0.15, -0.1) is 0 Å². The second-order valence-electron chi connectivity index (χ2n) is 7.74. The first-order chi connectivity index (χ1) is 16.9. The highest BCUT2D eigenvalue weighted by molar-refractivity contribution is 9.10. The fraction of sp³-hybridized carbons (Fsp3) is 0.111. The summed E-state index contributed by atoms with van der Waals surface area (Å²) < 4.78 is 13.4. The minimum absolute atomic E-state index is 0.398. The van der Waals surface area contributed by atoms with Crippen LogP contribution in [0.15, 0.2) is 86.8 Å². The van der Waals surface area contributed by atoms with Gasteiger partial charge >= 0.3 is 6.03 Å². The van der Waals surface area contributed by atoms with Crippen LogP contribution in [0.25, 0.3) is 10.8 Å². The normalized spacial score (nSPS) is 11.0. The largest absolute Gasteiger partial charge is 0.493 e. The molecule has 0 saturated heterocycles. The van der Waals surface area contributed by atoms with Gasteiger partial charge in [0.1, 0.15) is 6.61 Å². The SMILES string of the molecule is COc1cc(/C=N/NC(=O)Nc2ccc(Br)c(C)c2)c(Br)cc1OCc1cccc2ccccc12. The number of nitrogens with one attached hydrogen (secondary N) is 2. The Bertz CT molecular complexity index is 1400. The highest BCUT2D eigenvalue weighted by atomic mass is 79.9. The van der Waals surface area contributed by atoms with Gasteiger partial charge < -0.3 is 14.8 Å². The fourth-order valence-electron chi connectivity index (χ4n) is 3.54. The Balaban J connectivity index is 1.42. The molecule has 4 aromatic rings. The third kappa shape index (κ3) is 6.21. The zero-order valence-corrected chi connectivity index (χ0v) is 22.3. The van der Waals surface area contributed by atoms with Crippen LogP contribution in [0.4, 0.5) is 10.5 Å². The number of carbonyl (C=O) groups excluding carboxylic acids is 1. The maximum absolute atomic E-state index is 12.2. The number of halogens is 2. The number of amides is 2. The van der Waals surface area contributed by atoms with Crippen LogP contribution in [0.3, 0.4) is 0 Å². The predicted octanol–water partition coefficient (Wildman–Crippen LogP) is 7.42. The number of nitrogens with zero attached hydrogens (tertiary/aromatic N) is 1. The molecule has 2 amide bonds. The van der Waals surface area contributed by atoms with E-state index in [0.29, 0.717) is 23.8 Å². The minimum atomic E-state index is -0.443. The van der Waals surface area contributed by atoms with Crippen molar-refractivity contribution in [3.05, 3.63) is 98.4 Å². The van der Waals surface area contributed by atoms with Crippen molar-refractivity contribution in [2.45, 2.75) is 13.5 Å². The number of carbonyl (C=O) groups is 1. The summed E-state index contributed by atoms with van der Waals surface area (Å²) in [5, 5.41) is 9.11. The highest BCUT2D eigenvalue weighted by Crippen LogP contribution is 2.34. The number of fused-ring (bicyclic) bond motifs is 1. The van der Waals surface area contributed by atoms with E-state index in [4.69, 9.17) is 9.47 Å². The second-order valence-corrected chi connectivity index (χ2v) is 9.45. The van der Waals surface area contributed by atoms with Crippen molar-refractivity contribution in [3.63, 3.8) is 0 Å². The number of hydrogen-bond acceptors (Lipinski definition) is 4. The van der Waals surface area contributed by atoms with E-state index in [0.717, 1.165) is 31.0 Å². The number of anilines is 1. The Hall–Kier alpha value is -3.36. The maximum atomic E-state index is 12.2. The lowest BCUT2D eigenvalue weighted by molar-refractivity contribution is 0.252. The van der Waals surface area contributed by atoms with Crippen LogP contribution in [0.2, 0.25) is 0 Å². The first kappa shape index (κ1) is 24.8. The molecule has 0 spiro atoms. The molecule has 0 aliphatic carbocycles. The number of urea groups is 1. The highest BCUT2D eigenvalue weighted by Gasteiger charge is 2.11. The first-order valence-corrected chi connectivity index (χ1v) is 12.4. The molecule has 35 heavy (non-hydrogen) atoms. The Morgan fingerprint density at radius 3 is 2.57 bits per heavy atom. The summed E-state index contributed by atoms with van der Waals surface area (Å²) >= 11 is 7.00. The molecule has 0 unspecified atom stereocenters. The topological polar surface area (TPSA) is 72.0 Å². The van der Waals surface area contributed by atoms with Crippen LogP contribution in [0, 0.1) is 6.92 Å². The molecule has 0 bridgehead atoms. The smallest absolute Gasteiger partial charge is 0.339 e. The number of methoxy groups -OCH3 is 1. The number of hydrazone groups is 1. The molecular weight excluding hydrogens is 574 g/mol. The van der Waals surface area contributed by atoms with Gasteiger partial charge in [0.25, 0.3) is 0 Å². The Morgan fingerprint density at radius 1 is 0.971 bits per heavy atom. The molecule has 178 valence electrons. The summed E-state index contributed by atoms with van der Waals surface area (Å²) in [6.45, 7) is 2.35. The van der Waals surface area contributed by atoms with E-state index in [-0.39, 0.29) is 0 Å². The quantitative estimate of drug-likeness (QED) is 0.172. The lowest BCUT2D eigenvalue weighted by Crippen LogP contribution is -2.24. The van der Waals surface area contributed by atoms with Crippen LogP contribution in [-0.4, -0.2) is 19.4 Å². The van der Waals surface area contributed by atoms with Crippen LogP contribution >= 0.6 is 31.9 Å². The maximum Gasteiger partial charge on any atom is 0.339 e. The zero-order valence-electron chi connectivity index (χ0n) is 19.1. The molecule has 0 atom stereocenters. The van der Waals surface area contributed by atoms with Crippen LogP contribution in [0.5, 0.6) is 11.5 Å². The van der Waals surface area contributed by atoms with Crippen molar-refractivity contribution in [1.82, 2.24) is 5.43 Å². The van der Waals surface area contributed by atoms with Crippen LogP contribution in [0.1, 0.15) is 16.7 Å². The molecule has 6 nitrogen and oxygen atoms in total. The average molecular weight is 597 g/mol. The first-order valence-electron chi connectivity index (χ1n) is 10.8. The Labute approximate surface area is 220 Å². The van der Waals surface area contributed by atoms with Gasteiger partial charge in [-0.1, -0.05) is 58.4 Å². The standard InChI is InChI=1S/C27H23Br2N3O3/c1-17-12-21(10-11-23(17)28)31-27(33)32-30-15-20-13-25(34-2)26(14-24(20)29)35-16-19-8-5-7-18-6-3-4-9-22(18)19/h3-15H,16H2,1-2H3,(H2,31,32,33)/b30-15+. The average Bonchev–Trinajstić information content (AvgIpc) is 2.86. The number of hydrogen-bond donors (Lipinski definition) is 2. The molecule has 0 heterocycles. The second kappa shape index (κ2) is 11.4. The summed E-state index contributed by atoms with van der Waals surface area (Å²) in [6.07, 6.45) is 1.54. The number of rotatable bonds is 7. The number of ether oxygens (including phenoxy) is 2. The van der Waals surface area contributed by atoms with Crippen molar-refractivity contribution in [2.24, 2.45) is 5.10 Å². The van der Waals surface area contributed by atoms with Crippen LogP contribution < -0.4 is 20.2 Å². The van der Waals surface area contributed by atoms with Crippen LogP contribution in [-0.2, 0) is 6.61 Å². The van der Waals surface area contributed by atoms with Gasteiger partial charge in [-0.25, -0.2) is 10.2 Å². The van der Waals surface area contributed by atoms with Crippen molar-refractivity contribution < 1.29 is 14.3 Å². The van der Waals surface area contributed by atoms with Crippen molar-refractivity contribution in [3.8, 4) is 11.5 Å². The molecule has 2 N–H and O–H groups in total. The van der Waals surface area contributed by atoms with E-state index in [1.807, 2.05) is 43.3 Å². The molecule has 0 aliphatic heterocycles. The van der Waals surface area contributed by atoms with Gasteiger partial charge in [0, 0.05) is 20.2 Å². The lowest BCUT2D eigenvalue weighted by atomic mass is 10.1. The molecule has 0 aliphatic rings. The predicted molar refractivity (Wildman–Crippen MR) is 148 cm³/mol. The Morgan fingerprint density at radius 2 is 1.77 bits per heavy atom. The number of benzene rings is 4. The molecule has 0 radical (unpaired) electrons. The third-order valence-electron chi connectivity index (χ3n) is 5.33. The minimum Gasteiger partial charge on any atom is -0.493 e. The summed E-state index contributed by atoms with van der Waals surface area (Å²) in [5.74, 6) is 1.16. The molecular formula is C27H23Br2N3O3. The van der Waals surface area contributed by atoms with Crippen molar-refractivity contribution in [2.75, 3.05) is 12.4 Å². The van der Waals surface area contributed by atoms with Gasteiger partial charge in [0.2, 0.25) is 0 Å².